The van der Waals surface area contributed by atoms with E-state index in [1.54, 1.807) is 0 Å². The fourth-order valence-electron chi connectivity index (χ4n) is 4.98. The standard InChI is InChI=1S/C25H33N3O2S/c1-4-7-23(29)28-14-13-26(16-19(28)3)24(30)17-27-12-10-22-21(11-15-31-22)25(27)20-9-6-5-8-18(20)2/h5-6,8-9,11,15,19,25H,4,7,10,12-14,16-17H2,1-3H3/t19-,25-/m0/s1. The Bertz CT molecular complexity index is 940. The molecule has 1 saturated heterocycles. The lowest BCUT2D eigenvalue weighted by atomic mass is 9.90. The summed E-state index contributed by atoms with van der Waals surface area (Å²) in [7, 11) is 0. The first-order chi connectivity index (χ1) is 15.0. The van der Waals surface area contributed by atoms with Gasteiger partial charge < -0.3 is 9.80 Å². The zero-order valence-electron chi connectivity index (χ0n) is 18.8. The molecular formula is C25H33N3O2S. The van der Waals surface area contributed by atoms with Crippen LogP contribution >= 0.6 is 11.3 Å². The Morgan fingerprint density at radius 1 is 1.06 bits per heavy atom. The number of amides is 2. The minimum Gasteiger partial charge on any atom is -0.338 e. The van der Waals surface area contributed by atoms with E-state index in [1.807, 2.05) is 28.1 Å². The highest BCUT2D eigenvalue weighted by molar-refractivity contribution is 7.10. The zero-order chi connectivity index (χ0) is 22.0. The van der Waals surface area contributed by atoms with E-state index in [2.05, 4.69) is 54.5 Å². The van der Waals surface area contributed by atoms with Crippen LogP contribution in [-0.4, -0.2) is 65.3 Å². The first kappa shape index (κ1) is 22.0. The second-order valence-electron chi connectivity index (χ2n) is 8.80. The third-order valence-electron chi connectivity index (χ3n) is 6.65. The third kappa shape index (κ3) is 4.55. The maximum atomic E-state index is 13.3. The van der Waals surface area contributed by atoms with Crippen LogP contribution < -0.4 is 0 Å². The van der Waals surface area contributed by atoms with E-state index in [1.165, 1.54) is 21.6 Å². The van der Waals surface area contributed by atoms with Crippen LogP contribution in [-0.2, 0) is 16.0 Å². The number of fused-ring (bicyclic) bond motifs is 1. The van der Waals surface area contributed by atoms with Crippen LogP contribution in [0.1, 0.15) is 54.3 Å². The van der Waals surface area contributed by atoms with Gasteiger partial charge in [-0.15, -0.1) is 11.3 Å². The number of aryl methyl sites for hydroxylation is 1. The lowest BCUT2D eigenvalue weighted by molar-refractivity contribution is -0.143. The van der Waals surface area contributed by atoms with E-state index in [4.69, 9.17) is 0 Å². The van der Waals surface area contributed by atoms with Gasteiger partial charge in [0.2, 0.25) is 11.8 Å². The van der Waals surface area contributed by atoms with Crippen LogP contribution in [0, 0.1) is 6.92 Å². The molecule has 0 aliphatic carbocycles. The number of carbonyl (C=O) groups is 2. The molecule has 4 rings (SSSR count). The molecule has 2 aliphatic rings. The Balaban J connectivity index is 1.49. The van der Waals surface area contributed by atoms with Gasteiger partial charge in [-0.25, -0.2) is 0 Å². The summed E-state index contributed by atoms with van der Waals surface area (Å²) in [4.78, 5) is 33.3. The molecule has 2 aliphatic heterocycles. The smallest absolute Gasteiger partial charge is 0.236 e. The van der Waals surface area contributed by atoms with Gasteiger partial charge in [-0.2, -0.15) is 0 Å². The van der Waals surface area contributed by atoms with Gasteiger partial charge in [-0.05, 0) is 54.8 Å². The van der Waals surface area contributed by atoms with Crippen molar-refractivity contribution in [2.45, 2.75) is 52.1 Å². The average Bonchev–Trinajstić information content (AvgIpc) is 3.23. The van der Waals surface area contributed by atoms with Crippen LogP contribution in [0.4, 0.5) is 0 Å². The number of hydrogen-bond donors (Lipinski definition) is 0. The lowest BCUT2D eigenvalue weighted by Gasteiger charge is -2.42. The van der Waals surface area contributed by atoms with Crippen LogP contribution in [0.25, 0.3) is 0 Å². The molecular weight excluding hydrogens is 406 g/mol. The number of rotatable bonds is 5. The van der Waals surface area contributed by atoms with Crippen molar-refractivity contribution in [3.63, 3.8) is 0 Å². The van der Waals surface area contributed by atoms with E-state index >= 15 is 0 Å². The van der Waals surface area contributed by atoms with Gasteiger partial charge in [-0.1, -0.05) is 31.2 Å². The number of hydrogen-bond acceptors (Lipinski definition) is 4. The maximum absolute atomic E-state index is 13.3. The van der Waals surface area contributed by atoms with Crippen molar-refractivity contribution in [3.05, 3.63) is 57.3 Å². The average molecular weight is 440 g/mol. The van der Waals surface area contributed by atoms with Crippen molar-refractivity contribution in [2.75, 3.05) is 32.7 Å². The molecule has 0 bridgehead atoms. The summed E-state index contributed by atoms with van der Waals surface area (Å²) in [5.74, 6) is 0.384. The monoisotopic (exact) mass is 439 g/mol. The molecule has 1 fully saturated rings. The van der Waals surface area contributed by atoms with Gasteiger partial charge >= 0.3 is 0 Å². The minimum atomic E-state index is 0.0775. The van der Waals surface area contributed by atoms with E-state index in [0.29, 0.717) is 32.6 Å². The molecule has 0 saturated carbocycles. The topological polar surface area (TPSA) is 43.9 Å². The Morgan fingerprint density at radius 2 is 1.87 bits per heavy atom. The first-order valence-corrected chi connectivity index (χ1v) is 12.3. The summed E-state index contributed by atoms with van der Waals surface area (Å²) in [6, 6.07) is 11.0. The molecule has 2 amide bonds. The van der Waals surface area contributed by atoms with Crippen molar-refractivity contribution in [1.29, 1.82) is 0 Å². The van der Waals surface area contributed by atoms with Crippen LogP contribution in [0.2, 0.25) is 0 Å². The van der Waals surface area contributed by atoms with Crippen LogP contribution in [0.3, 0.4) is 0 Å². The molecule has 3 heterocycles. The molecule has 0 radical (unpaired) electrons. The molecule has 6 heteroatoms. The molecule has 1 aromatic carbocycles. The fourth-order valence-corrected chi connectivity index (χ4v) is 5.89. The summed E-state index contributed by atoms with van der Waals surface area (Å²) < 4.78 is 0. The van der Waals surface area contributed by atoms with Gasteiger partial charge in [0.1, 0.15) is 0 Å². The summed E-state index contributed by atoms with van der Waals surface area (Å²) in [5.41, 5.74) is 3.90. The van der Waals surface area contributed by atoms with Gasteiger partial charge in [0.05, 0.1) is 12.6 Å². The molecule has 1 aromatic heterocycles. The highest BCUT2D eigenvalue weighted by Gasteiger charge is 2.34. The molecule has 2 atom stereocenters. The van der Waals surface area contributed by atoms with Gasteiger partial charge in [0.15, 0.2) is 0 Å². The van der Waals surface area contributed by atoms with Crippen molar-refractivity contribution >= 4 is 23.2 Å². The van der Waals surface area contributed by atoms with Crippen molar-refractivity contribution in [3.8, 4) is 0 Å². The second-order valence-corrected chi connectivity index (χ2v) is 9.81. The normalized spacial score (nSPS) is 21.8. The molecule has 31 heavy (non-hydrogen) atoms. The number of nitrogens with zero attached hydrogens (tertiary/aromatic N) is 3. The summed E-state index contributed by atoms with van der Waals surface area (Å²) in [6.07, 6.45) is 2.45. The van der Waals surface area contributed by atoms with E-state index in [-0.39, 0.29) is 23.9 Å². The maximum Gasteiger partial charge on any atom is 0.236 e. The minimum absolute atomic E-state index is 0.0775. The number of benzene rings is 1. The summed E-state index contributed by atoms with van der Waals surface area (Å²) >= 11 is 1.83. The highest BCUT2D eigenvalue weighted by Crippen LogP contribution is 2.38. The third-order valence-corrected chi connectivity index (χ3v) is 7.65. The first-order valence-electron chi connectivity index (χ1n) is 11.4. The van der Waals surface area contributed by atoms with Gasteiger partial charge in [0, 0.05) is 43.5 Å². The molecule has 0 spiro atoms. The summed E-state index contributed by atoms with van der Waals surface area (Å²) in [5, 5.41) is 2.18. The molecule has 5 nitrogen and oxygen atoms in total. The van der Waals surface area contributed by atoms with E-state index in [9.17, 15) is 9.59 Å². The predicted molar refractivity (Wildman–Crippen MR) is 125 cm³/mol. The zero-order valence-corrected chi connectivity index (χ0v) is 19.7. The Morgan fingerprint density at radius 3 is 2.61 bits per heavy atom. The Labute approximate surface area is 189 Å². The highest BCUT2D eigenvalue weighted by atomic mass is 32.1. The summed E-state index contributed by atoms with van der Waals surface area (Å²) in [6.45, 7) is 9.46. The lowest BCUT2D eigenvalue weighted by Crippen LogP contribution is -2.57. The molecule has 2 aromatic rings. The van der Waals surface area contributed by atoms with Crippen molar-refractivity contribution in [2.24, 2.45) is 0 Å². The predicted octanol–water partition coefficient (Wildman–Crippen LogP) is 3.86. The van der Waals surface area contributed by atoms with E-state index < -0.39 is 0 Å². The Kier molecular flexibility index (Phi) is 6.77. The molecule has 0 unspecified atom stereocenters. The molecule has 166 valence electrons. The van der Waals surface area contributed by atoms with Crippen molar-refractivity contribution < 1.29 is 9.59 Å². The van der Waals surface area contributed by atoms with Crippen LogP contribution in [0.15, 0.2) is 35.7 Å². The SMILES string of the molecule is CCCC(=O)N1CCN(C(=O)CN2CCc3sccc3[C@@H]2c2ccccc2C)C[C@@H]1C. The van der Waals surface area contributed by atoms with Crippen molar-refractivity contribution in [1.82, 2.24) is 14.7 Å². The quantitative estimate of drug-likeness (QED) is 0.711. The van der Waals surface area contributed by atoms with Crippen LogP contribution in [0.5, 0.6) is 0 Å². The van der Waals surface area contributed by atoms with Gasteiger partial charge in [-0.3, -0.25) is 14.5 Å². The number of thiophene rings is 1. The second kappa shape index (κ2) is 9.53. The fraction of sp³-hybridized carbons (Fsp3) is 0.520. The number of carbonyl (C=O) groups excluding carboxylic acids is 2. The Hall–Kier alpha value is -2.18. The largest absolute Gasteiger partial charge is 0.338 e. The molecule has 0 N–H and O–H groups in total. The number of piperazine rings is 1. The van der Waals surface area contributed by atoms with E-state index in [0.717, 1.165) is 19.4 Å². The van der Waals surface area contributed by atoms with Gasteiger partial charge in [0.25, 0.3) is 0 Å².